The quantitative estimate of drug-likeness (QED) is 0.283. The number of ether oxygens (including phenoxy) is 1. The Morgan fingerprint density at radius 1 is 1.33 bits per heavy atom. The largest absolute Gasteiger partial charge is 0.364 e. The Bertz CT molecular complexity index is 228. The summed E-state index contributed by atoms with van der Waals surface area (Å²) in [6.45, 7) is 2.09. The van der Waals surface area contributed by atoms with E-state index in [2.05, 4.69) is 16.0 Å². The van der Waals surface area contributed by atoms with Crippen LogP contribution in [0.1, 0.15) is 6.92 Å². The number of hydrogen-bond donors (Lipinski definition) is 5. The summed E-state index contributed by atoms with van der Waals surface area (Å²) in [5.41, 5.74) is 0. The molecule has 1 atom stereocenters. The van der Waals surface area contributed by atoms with Crippen molar-refractivity contribution in [2.75, 3.05) is 27.7 Å². The van der Waals surface area contributed by atoms with E-state index in [1.807, 2.05) is 0 Å². The zero-order valence-electron chi connectivity index (χ0n) is 9.44. The maximum absolute atomic E-state index is 11.4. The van der Waals surface area contributed by atoms with E-state index < -0.39 is 19.2 Å². The standard InChI is InChI=1S/C7H20N3O4P/c1-5-14-6(8-2)7(9-3,10-4)15(11,12)13/h6,8-10H,5H2,1-4H3,(H2,11,12,13). The summed E-state index contributed by atoms with van der Waals surface area (Å²) >= 11 is 0. The molecule has 0 aliphatic heterocycles. The smallest absolute Gasteiger partial charge is 0.360 e. The summed E-state index contributed by atoms with van der Waals surface area (Å²) in [5, 5.41) is 6.24. The molecule has 0 spiro atoms. The number of rotatable bonds is 7. The van der Waals surface area contributed by atoms with E-state index in [1.165, 1.54) is 14.1 Å². The monoisotopic (exact) mass is 241 g/mol. The van der Waals surface area contributed by atoms with Crippen LogP contribution in [0.5, 0.6) is 0 Å². The molecule has 8 heteroatoms. The van der Waals surface area contributed by atoms with Gasteiger partial charge in [0.2, 0.25) is 5.40 Å². The first-order chi connectivity index (χ1) is 6.89. The summed E-state index contributed by atoms with van der Waals surface area (Å²) < 4.78 is 16.7. The van der Waals surface area contributed by atoms with Crippen LogP contribution in [0.3, 0.4) is 0 Å². The second kappa shape index (κ2) is 5.91. The van der Waals surface area contributed by atoms with Crippen LogP contribution in [-0.2, 0) is 9.30 Å². The number of nitrogens with one attached hydrogen (secondary N) is 3. The molecule has 0 rings (SSSR count). The first kappa shape index (κ1) is 15.0. The summed E-state index contributed by atoms with van der Waals surface area (Å²) in [6, 6.07) is 0. The topological polar surface area (TPSA) is 103 Å². The van der Waals surface area contributed by atoms with E-state index in [-0.39, 0.29) is 0 Å². The summed E-state index contributed by atoms with van der Waals surface area (Å²) in [5.74, 6) is 0. The van der Waals surface area contributed by atoms with Crippen molar-refractivity contribution in [3.63, 3.8) is 0 Å². The van der Waals surface area contributed by atoms with E-state index in [9.17, 15) is 14.4 Å². The molecular weight excluding hydrogens is 221 g/mol. The third kappa shape index (κ3) is 2.98. The lowest BCUT2D eigenvalue weighted by Gasteiger charge is -2.39. The van der Waals surface area contributed by atoms with Crippen molar-refractivity contribution < 1.29 is 19.1 Å². The van der Waals surface area contributed by atoms with Gasteiger partial charge in [0.1, 0.15) is 0 Å². The van der Waals surface area contributed by atoms with E-state index in [0.29, 0.717) is 6.61 Å². The fraction of sp³-hybridized carbons (Fsp3) is 1.00. The van der Waals surface area contributed by atoms with Gasteiger partial charge in [0.25, 0.3) is 0 Å². The van der Waals surface area contributed by atoms with Crippen molar-refractivity contribution in [2.24, 2.45) is 0 Å². The van der Waals surface area contributed by atoms with Crippen LogP contribution in [0.15, 0.2) is 0 Å². The van der Waals surface area contributed by atoms with Crippen LogP contribution in [0, 0.1) is 0 Å². The van der Waals surface area contributed by atoms with Gasteiger partial charge in [0, 0.05) is 6.61 Å². The molecule has 0 aromatic rings. The van der Waals surface area contributed by atoms with Gasteiger partial charge in [-0.15, -0.1) is 0 Å². The van der Waals surface area contributed by atoms with Gasteiger partial charge >= 0.3 is 7.60 Å². The maximum atomic E-state index is 11.4. The molecule has 0 aliphatic rings. The Labute approximate surface area is 89.7 Å². The third-order valence-electron chi connectivity index (χ3n) is 2.20. The Morgan fingerprint density at radius 2 is 1.80 bits per heavy atom. The molecule has 7 nitrogen and oxygen atoms in total. The third-order valence-corrected chi connectivity index (χ3v) is 3.80. The molecule has 0 aromatic heterocycles. The van der Waals surface area contributed by atoms with Crippen LogP contribution in [0.25, 0.3) is 0 Å². The van der Waals surface area contributed by atoms with Gasteiger partial charge in [-0.1, -0.05) is 0 Å². The molecule has 1 unspecified atom stereocenters. The van der Waals surface area contributed by atoms with Crippen molar-refractivity contribution in [3.8, 4) is 0 Å². The van der Waals surface area contributed by atoms with Crippen molar-refractivity contribution in [2.45, 2.75) is 18.6 Å². The molecule has 0 saturated carbocycles. The Balaban J connectivity index is 5.14. The average molecular weight is 241 g/mol. The Kier molecular flexibility index (Phi) is 5.90. The van der Waals surface area contributed by atoms with Gasteiger partial charge in [-0.25, -0.2) is 0 Å². The zero-order valence-corrected chi connectivity index (χ0v) is 10.3. The summed E-state index contributed by atoms with van der Waals surface area (Å²) in [4.78, 5) is 18.6. The highest BCUT2D eigenvalue weighted by Gasteiger charge is 2.51. The van der Waals surface area contributed by atoms with E-state index in [0.717, 1.165) is 0 Å². The minimum Gasteiger partial charge on any atom is -0.360 e. The van der Waals surface area contributed by atoms with Crippen molar-refractivity contribution in [1.82, 2.24) is 16.0 Å². The first-order valence-electron chi connectivity index (χ1n) is 4.62. The molecule has 0 saturated heterocycles. The minimum atomic E-state index is -4.42. The van der Waals surface area contributed by atoms with Crippen LogP contribution >= 0.6 is 7.60 Å². The predicted molar refractivity (Wildman–Crippen MR) is 57.4 cm³/mol. The van der Waals surface area contributed by atoms with Gasteiger partial charge in [-0.2, -0.15) is 0 Å². The van der Waals surface area contributed by atoms with Gasteiger partial charge in [-0.05, 0) is 28.1 Å². The van der Waals surface area contributed by atoms with Crippen LogP contribution in [-0.4, -0.2) is 49.2 Å². The molecule has 5 N–H and O–H groups in total. The second-order valence-corrected chi connectivity index (χ2v) is 4.73. The van der Waals surface area contributed by atoms with Crippen molar-refractivity contribution in [1.29, 1.82) is 0 Å². The normalized spacial score (nSPS) is 15.3. The van der Waals surface area contributed by atoms with Crippen LogP contribution < -0.4 is 16.0 Å². The lowest BCUT2D eigenvalue weighted by Crippen LogP contribution is -2.66. The molecule has 0 fully saturated rings. The molecule has 0 aliphatic carbocycles. The van der Waals surface area contributed by atoms with Crippen LogP contribution in [0.4, 0.5) is 0 Å². The Morgan fingerprint density at radius 3 is 2.00 bits per heavy atom. The van der Waals surface area contributed by atoms with E-state index >= 15 is 0 Å². The molecule has 0 heterocycles. The average Bonchev–Trinajstić information content (AvgIpc) is 2.16. The number of hydrogen-bond acceptors (Lipinski definition) is 5. The van der Waals surface area contributed by atoms with Gasteiger partial charge in [0.15, 0.2) is 6.23 Å². The van der Waals surface area contributed by atoms with Gasteiger partial charge < -0.3 is 14.5 Å². The minimum absolute atomic E-state index is 0.344. The SMILES string of the molecule is CCOC(NC)C(NC)(NC)P(=O)(O)O. The zero-order chi connectivity index (χ0) is 12.1. The maximum Gasteiger partial charge on any atom is 0.364 e. The Hall–Kier alpha value is -0.0100. The molecule has 0 amide bonds. The lowest BCUT2D eigenvalue weighted by molar-refractivity contribution is -0.0128. The fourth-order valence-corrected chi connectivity index (χ4v) is 2.50. The lowest BCUT2D eigenvalue weighted by atomic mass is 10.4. The molecular formula is C7H20N3O4P. The fourth-order valence-electron chi connectivity index (χ4n) is 1.41. The highest BCUT2D eigenvalue weighted by atomic mass is 31.2. The second-order valence-electron chi connectivity index (χ2n) is 2.93. The van der Waals surface area contributed by atoms with Gasteiger partial charge in [0.05, 0.1) is 0 Å². The van der Waals surface area contributed by atoms with Crippen LogP contribution in [0.2, 0.25) is 0 Å². The highest BCUT2D eigenvalue weighted by molar-refractivity contribution is 7.53. The molecule has 15 heavy (non-hydrogen) atoms. The highest BCUT2D eigenvalue weighted by Crippen LogP contribution is 2.48. The van der Waals surface area contributed by atoms with Gasteiger partial charge in [-0.3, -0.25) is 20.5 Å². The van der Waals surface area contributed by atoms with Crippen molar-refractivity contribution >= 4 is 7.60 Å². The predicted octanol–water partition coefficient (Wildman–Crippen LogP) is -1.16. The van der Waals surface area contributed by atoms with E-state index in [1.54, 1.807) is 14.0 Å². The summed E-state index contributed by atoms with van der Waals surface area (Å²) in [6.07, 6.45) is -0.835. The summed E-state index contributed by atoms with van der Waals surface area (Å²) in [7, 11) is 0.0645. The first-order valence-corrected chi connectivity index (χ1v) is 6.23. The van der Waals surface area contributed by atoms with E-state index in [4.69, 9.17) is 4.74 Å². The number of likely N-dealkylation sites (N-methyl/N-ethyl adjacent to an activating group) is 3. The molecule has 0 aromatic carbocycles. The molecule has 0 radical (unpaired) electrons. The molecule has 0 bridgehead atoms. The molecule has 92 valence electrons. The van der Waals surface area contributed by atoms with Crippen molar-refractivity contribution in [3.05, 3.63) is 0 Å².